The van der Waals surface area contributed by atoms with Crippen molar-refractivity contribution in [2.75, 3.05) is 42.2 Å². The number of hydrazine groups is 1. The van der Waals surface area contributed by atoms with Crippen LogP contribution in [0.4, 0.5) is 10.8 Å². The topological polar surface area (TPSA) is 130 Å². The van der Waals surface area contributed by atoms with Crippen LogP contribution in [0.3, 0.4) is 0 Å². The van der Waals surface area contributed by atoms with E-state index in [9.17, 15) is 18.0 Å². The van der Waals surface area contributed by atoms with E-state index >= 15 is 0 Å². The highest BCUT2D eigenvalue weighted by Crippen LogP contribution is 2.26. The summed E-state index contributed by atoms with van der Waals surface area (Å²) >= 11 is 1.25. The van der Waals surface area contributed by atoms with Crippen molar-refractivity contribution in [3.05, 3.63) is 40.4 Å². The predicted octanol–water partition coefficient (Wildman–Crippen LogP) is 0.734. The molecule has 1 saturated heterocycles. The molecule has 10 nitrogen and oxygen atoms in total. The zero-order valence-electron chi connectivity index (χ0n) is 15.9. The molecule has 2 aromatic rings. The minimum absolute atomic E-state index is 0.189. The van der Waals surface area contributed by atoms with Gasteiger partial charge in [-0.1, -0.05) is 17.4 Å². The largest absolute Gasteiger partial charge is 0.378 e. The van der Waals surface area contributed by atoms with Crippen LogP contribution < -0.4 is 20.5 Å². The van der Waals surface area contributed by atoms with Crippen LogP contribution in [-0.4, -0.2) is 57.8 Å². The Balaban J connectivity index is 1.62. The second-order valence-corrected chi connectivity index (χ2v) is 9.10. The second-order valence-electron chi connectivity index (χ2n) is 6.37. The van der Waals surface area contributed by atoms with E-state index in [1.54, 1.807) is 6.92 Å². The van der Waals surface area contributed by atoms with Crippen LogP contribution in [0.2, 0.25) is 0 Å². The number of amides is 2. The molecule has 1 aliphatic rings. The average molecular weight is 440 g/mol. The van der Waals surface area contributed by atoms with Gasteiger partial charge in [0.25, 0.3) is 11.8 Å². The van der Waals surface area contributed by atoms with Gasteiger partial charge in [-0.15, -0.1) is 0 Å². The molecule has 0 aliphatic carbocycles. The lowest BCUT2D eigenvalue weighted by atomic mass is 10.2. The van der Waals surface area contributed by atoms with Gasteiger partial charge >= 0.3 is 0 Å². The second kappa shape index (κ2) is 8.76. The Morgan fingerprint density at radius 1 is 1.17 bits per heavy atom. The quantitative estimate of drug-likeness (QED) is 0.586. The zero-order chi connectivity index (χ0) is 21.0. The molecule has 1 aromatic heterocycles. The van der Waals surface area contributed by atoms with Crippen molar-refractivity contribution in [3.8, 4) is 0 Å². The van der Waals surface area contributed by atoms with E-state index in [2.05, 4.69) is 25.5 Å². The third kappa shape index (κ3) is 5.65. The van der Waals surface area contributed by atoms with Gasteiger partial charge in [-0.25, -0.2) is 13.4 Å². The Morgan fingerprint density at radius 2 is 1.86 bits per heavy atom. The van der Waals surface area contributed by atoms with E-state index < -0.39 is 21.8 Å². The number of carbonyl (C=O) groups is 2. The number of nitrogens with zero attached hydrogens (tertiary/aromatic N) is 2. The third-order valence-corrected chi connectivity index (χ3v) is 5.81. The van der Waals surface area contributed by atoms with E-state index in [4.69, 9.17) is 4.74 Å². The first-order chi connectivity index (χ1) is 13.7. The van der Waals surface area contributed by atoms with Crippen molar-refractivity contribution < 1.29 is 22.7 Å². The number of hydrogen-bond donors (Lipinski definition) is 3. The van der Waals surface area contributed by atoms with Crippen molar-refractivity contribution in [1.82, 2.24) is 15.8 Å². The van der Waals surface area contributed by atoms with Crippen molar-refractivity contribution in [2.45, 2.75) is 6.92 Å². The molecule has 2 amide bonds. The molecule has 0 unspecified atom stereocenters. The number of carbonyl (C=O) groups excluding carboxylic acids is 2. The highest BCUT2D eigenvalue weighted by Gasteiger charge is 2.21. The van der Waals surface area contributed by atoms with Gasteiger partial charge in [-0.3, -0.25) is 25.2 Å². The summed E-state index contributed by atoms with van der Waals surface area (Å²) in [5.74, 6) is -1.05. The number of thiazole rings is 1. The summed E-state index contributed by atoms with van der Waals surface area (Å²) in [4.78, 5) is 31.7. The Bertz CT molecular complexity index is 1010. The summed E-state index contributed by atoms with van der Waals surface area (Å²) in [5, 5.41) is 0.738. The molecule has 0 saturated carbocycles. The molecule has 1 fully saturated rings. The molecular weight excluding hydrogens is 418 g/mol. The number of anilines is 2. The predicted molar refractivity (Wildman–Crippen MR) is 110 cm³/mol. The fourth-order valence-electron chi connectivity index (χ4n) is 2.66. The lowest BCUT2D eigenvalue weighted by Gasteiger charge is -2.25. The SMILES string of the molecule is Cc1nc(N2CCOCC2)sc1C(=O)NNC(=O)c1cccc(NS(C)(=O)=O)c1. The highest BCUT2D eigenvalue weighted by molar-refractivity contribution is 7.92. The van der Waals surface area contributed by atoms with Crippen molar-refractivity contribution in [2.24, 2.45) is 0 Å². The van der Waals surface area contributed by atoms with E-state index in [1.165, 1.54) is 35.6 Å². The molecule has 12 heteroatoms. The van der Waals surface area contributed by atoms with Gasteiger partial charge in [0, 0.05) is 24.3 Å². The molecule has 2 heterocycles. The number of ether oxygens (including phenoxy) is 1. The molecule has 156 valence electrons. The van der Waals surface area contributed by atoms with Gasteiger partial charge in [-0.05, 0) is 25.1 Å². The van der Waals surface area contributed by atoms with Crippen molar-refractivity contribution in [3.63, 3.8) is 0 Å². The fraction of sp³-hybridized carbons (Fsp3) is 0.353. The van der Waals surface area contributed by atoms with Crippen LogP contribution in [-0.2, 0) is 14.8 Å². The van der Waals surface area contributed by atoms with E-state index in [0.29, 0.717) is 36.9 Å². The molecule has 3 rings (SSSR count). The Hall–Kier alpha value is -2.70. The molecule has 1 aromatic carbocycles. The minimum atomic E-state index is -3.46. The standard InChI is InChI=1S/C17H21N5O5S2/c1-11-14(28-17(18-11)22-6-8-27-9-7-22)16(24)20-19-15(23)12-4-3-5-13(10-12)21-29(2,25)26/h3-5,10,21H,6-9H2,1-2H3,(H,19,23)(H,20,24). The summed E-state index contributed by atoms with van der Waals surface area (Å²) in [7, 11) is -3.46. The Morgan fingerprint density at radius 3 is 2.55 bits per heavy atom. The van der Waals surface area contributed by atoms with Gasteiger partial charge in [0.1, 0.15) is 4.88 Å². The third-order valence-electron chi connectivity index (χ3n) is 3.99. The first-order valence-electron chi connectivity index (χ1n) is 8.71. The first kappa shape index (κ1) is 21.0. The van der Waals surface area contributed by atoms with E-state index in [1.807, 2.05) is 0 Å². The lowest BCUT2D eigenvalue weighted by Crippen LogP contribution is -2.41. The van der Waals surface area contributed by atoms with Crippen LogP contribution in [0.1, 0.15) is 25.7 Å². The maximum absolute atomic E-state index is 12.5. The highest BCUT2D eigenvalue weighted by atomic mass is 32.2. The van der Waals surface area contributed by atoms with Crippen molar-refractivity contribution >= 4 is 44.0 Å². The minimum Gasteiger partial charge on any atom is -0.378 e. The summed E-state index contributed by atoms with van der Waals surface area (Å²) in [6.45, 7) is 4.38. The number of hydrogen-bond acceptors (Lipinski definition) is 8. The number of aryl methyl sites for hydroxylation is 1. The van der Waals surface area contributed by atoms with Gasteiger partial charge in [0.15, 0.2) is 5.13 Å². The van der Waals surface area contributed by atoms with Crippen LogP contribution in [0, 0.1) is 6.92 Å². The number of aromatic nitrogens is 1. The summed E-state index contributed by atoms with van der Waals surface area (Å²) in [5.41, 5.74) is 5.72. The smallest absolute Gasteiger partial charge is 0.281 e. The number of sulfonamides is 1. The number of morpholine rings is 1. The molecule has 3 N–H and O–H groups in total. The van der Waals surface area contributed by atoms with Crippen LogP contribution in [0.5, 0.6) is 0 Å². The van der Waals surface area contributed by atoms with Crippen LogP contribution in [0.25, 0.3) is 0 Å². The maximum Gasteiger partial charge on any atom is 0.281 e. The normalized spacial score (nSPS) is 14.3. The Labute approximate surface area is 172 Å². The summed E-state index contributed by atoms with van der Waals surface area (Å²) in [6.07, 6.45) is 1.02. The molecule has 29 heavy (non-hydrogen) atoms. The molecule has 0 atom stereocenters. The van der Waals surface area contributed by atoms with Crippen LogP contribution >= 0.6 is 11.3 Å². The zero-order valence-corrected chi connectivity index (χ0v) is 17.5. The maximum atomic E-state index is 12.5. The monoisotopic (exact) mass is 439 g/mol. The molecular formula is C17H21N5O5S2. The summed E-state index contributed by atoms with van der Waals surface area (Å²) < 4.78 is 30.2. The van der Waals surface area contributed by atoms with E-state index in [-0.39, 0.29) is 11.3 Å². The van der Waals surface area contributed by atoms with Crippen LogP contribution in [0.15, 0.2) is 24.3 Å². The number of benzene rings is 1. The number of rotatable bonds is 5. The van der Waals surface area contributed by atoms with Gasteiger partial charge in [-0.2, -0.15) is 0 Å². The fourth-order valence-corrected chi connectivity index (χ4v) is 4.23. The van der Waals surface area contributed by atoms with Gasteiger partial charge in [0.2, 0.25) is 10.0 Å². The average Bonchev–Trinajstić information content (AvgIpc) is 3.07. The van der Waals surface area contributed by atoms with E-state index in [0.717, 1.165) is 11.4 Å². The number of nitrogens with one attached hydrogen (secondary N) is 3. The molecule has 0 spiro atoms. The molecule has 0 radical (unpaired) electrons. The summed E-state index contributed by atoms with van der Waals surface area (Å²) in [6, 6.07) is 5.93. The first-order valence-corrected chi connectivity index (χ1v) is 11.4. The molecule has 0 bridgehead atoms. The Kier molecular flexibility index (Phi) is 6.35. The van der Waals surface area contributed by atoms with Gasteiger partial charge < -0.3 is 9.64 Å². The van der Waals surface area contributed by atoms with Crippen molar-refractivity contribution in [1.29, 1.82) is 0 Å². The van der Waals surface area contributed by atoms with Gasteiger partial charge in [0.05, 0.1) is 25.2 Å². The molecule has 1 aliphatic heterocycles. The lowest BCUT2D eigenvalue weighted by molar-refractivity contribution is 0.0848.